The maximum Gasteiger partial charge on any atom is 0.410 e. The van der Waals surface area contributed by atoms with Crippen LogP contribution in [0.1, 0.15) is 71.6 Å². The van der Waals surface area contributed by atoms with Gasteiger partial charge in [-0.15, -0.1) is 0 Å². The van der Waals surface area contributed by atoms with E-state index in [4.69, 9.17) is 4.74 Å². The zero-order chi connectivity index (χ0) is 21.6. The molecule has 1 aliphatic heterocycles. The summed E-state index contributed by atoms with van der Waals surface area (Å²) in [5, 5.41) is 0. The average Bonchev–Trinajstić information content (AvgIpc) is 2.86. The molecule has 1 fully saturated rings. The Hall–Kier alpha value is -0.920. The van der Waals surface area contributed by atoms with E-state index in [1.54, 1.807) is 0 Å². The van der Waals surface area contributed by atoms with Gasteiger partial charge in [-0.25, -0.2) is 13.7 Å². The molecule has 1 aliphatic carbocycles. The lowest BCUT2D eigenvalue weighted by molar-refractivity contribution is 0.00724. The lowest BCUT2D eigenvalue weighted by Gasteiger charge is -2.44. The van der Waals surface area contributed by atoms with Crippen LogP contribution in [0.2, 0.25) is 0 Å². The summed E-state index contributed by atoms with van der Waals surface area (Å²) in [4.78, 5) is 14.3. The summed E-state index contributed by atoms with van der Waals surface area (Å²) in [5.41, 5.74) is 2.00. The number of halogens is 1. The molecule has 1 unspecified atom stereocenters. The van der Waals surface area contributed by atoms with Crippen molar-refractivity contribution >= 4 is 33.0 Å². The van der Waals surface area contributed by atoms with Crippen LogP contribution in [0.5, 0.6) is 0 Å². The number of hydrogen-bond acceptors (Lipinski definition) is 3. The summed E-state index contributed by atoms with van der Waals surface area (Å²) < 4.78 is 22.7. The number of nitrogens with zero attached hydrogens (tertiary/aromatic N) is 1. The molecule has 0 aromatic heterocycles. The van der Waals surface area contributed by atoms with Gasteiger partial charge in [0.25, 0.3) is 0 Å². The lowest BCUT2D eigenvalue weighted by Crippen LogP contribution is -2.49. The fourth-order valence-corrected chi connectivity index (χ4v) is 5.53. The molecule has 7 heteroatoms. The monoisotopic (exact) mass is 484 g/mol. The number of benzene rings is 1. The topological polar surface area (TPSA) is 58.6 Å². The fraction of sp³-hybridized carbons (Fsp3) is 0.682. The standard InChI is InChI=1S/C22H33BrN2O3S/c1-20(2,3)28-19(26)25-11-9-22(10-12-25)14-15-7-8-16(23)13-17(15)18(22)24-29(27)21(4,5)6/h7-8,13,18,24H,9-12,14H2,1-6H3/t18?,29-/m1/s1. The van der Waals surface area contributed by atoms with Gasteiger partial charge in [0.2, 0.25) is 0 Å². The number of hydrogen-bond donors (Lipinski definition) is 1. The maximum atomic E-state index is 13.0. The van der Waals surface area contributed by atoms with E-state index in [2.05, 4.69) is 38.9 Å². The second kappa shape index (κ2) is 7.97. The highest BCUT2D eigenvalue weighted by molar-refractivity contribution is 9.10. The first-order valence-corrected chi connectivity index (χ1v) is 12.2. The third kappa shape index (κ3) is 5.05. The van der Waals surface area contributed by atoms with E-state index in [0.717, 1.165) is 23.7 Å². The van der Waals surface area contributed by atoms with Crippen molar-refractivity contribution in [3.63, 3.8) is 0 Å². The van der Waals surface area contributed by atoms with E-state index in [1.807, 2.05) is 46.4 Å². The van der Waals surface area contributed by atoms with Crippen molar-refractivity contribution in [1.82, 2.24) is 9.62 Å². The van der Waals surface area contributed by atoms with Crippen LogP contribution in [-0.2, 0) is 22.1 Å². The highest BCUT2D eigenvalue weighted by atomic mass is 79.9. The average molecular weight is 485 g/mol. The molecule has 1 saturated heterocycles. The Morgan fingerprint density at radius 1 is 1.21 bits per heavy atom. The summed E-state index contributed by atoms with van der Waals surface area (Å²) in [6, 6.07) is 6.41. The van der Waals surface area contributed by atoms with Crippen molar-refractivity contribution in [2.24, 2.45) is 5.41 Å². The molecule has 1 amide bonds. The van der Waals surface area contributed by atoms with Crippen molar-refractivity contribution in [2.45, 2.75) is 77.2 Å². The number of nitrogens with one attached hydrogen (secondary N) is 1. The van der Waals surface area contributed by atoms with Crippen molar-refractivity contribution < 1.29 is 13.7 Å². The number of rotatable bonds is 2. The molecule has 1 heterocycles. The summed E-state index contributed by atoms with van der Waals surface area (Å²) in [7, 11) is -1.17. The zero-order valence-corrected chi connectivity index (χ0v) is 20.7. The van der Waals surface area contributed by atoms with Gasteiger partial charge >= 0.3 is 6.09 Å². The molecule has 1 spiro atoms. The summed E-state index contributed by atoms with van der Waals surface area (Å²) in [5.74, 6) is 0. The normalized spacial score (nSPS) is 22.4. The van der Waals surface area contributed by atoms with E-state index in [0.29, 0.717) is 13.1 Å². The molecule has 0 bridgehead atoms. The van der Waals surface area contributed by atoms with E-state index in [9.17, 15) is 9.00 Å². The van der Waals surface area contributed by atoms with Gasteiger partial charge in [-0.05, 0) is 89.5 Å². The van der Waals surface area contributed by atoms with Crippen LogP contribution in [-0.4, -0.2) is 38.6 Å². The first-order valence-electron chi connectivity index (χ1n) is 10.3. The molecular weight excluding hydrogens is 452 g/mol. The molecule has 1 N–H and O–H groups in total. The Morgan fingerprint density at radius 3 is 2.38 bits per heavy atom. The highest BCUT2D eigenvalue weighted by Crippen LogP contribution is 2.53. The molecule has 3 rings (SSSR count). The number of ether oxygens (including phenoxy) is 1. The van der Waals surface area contributed by atoms with E-state index in [-0.39, 0.29) is 22.3 Å². The molecule has 1 aromatic rings. The molecule has 1 aromatic carbocycles. The van der Waals surface area contributed by atoms with Gasteiger partial charge in [0, 0.05) is 17.6 Å². The van der Waals surface area contributed by atoms with Gasteiger partial charge in [0.1, 0.15) is 5.60 Å². The van der Waals surface area contributed by atoms with Gasteiger partial charge in [-0.3, -0.25) is 0 Å². The quantitative estimate of drug-likeness (QED) is 0.633. The minimum absolute atomic E-state index is 0.0100. The maximum absolute atomic E-state index is 13.0. The van der Waals surface area contributed by atoms with Gasteiger partial charge in [-0.2, -0.15) is 0 Å². The molecule has 2 aliphatic rings. The van der Waals surface area contributed by atoms with E-state index >= 15 is 0 Å². The van der Waals surface area contributed by atoms with E-state index < -0.39 is 16.6 Å². The summed E-state index contributed by atoms with van der Waals surface area (Å²) >= 11 is 3.59. The predicted octanol–water partition coefficient (Wildman–Crippen LogP) is 5.12. The Morgan fingerprint density at radius 2 is 1.83 bits per heavy atom. The predicted molar refractivity (Wildman–Crippen MR) is 121 cm³/mol. The highest BCUT2D eigenvalue weighted by Gasteiger charge is 2.49. The largest absolute Gasteiger partial charge is 0.444 e. The molecular formula is C22H33BrN2O3S. The Kier molecular flexibility index (Phi) is 6.25. The van der Waals surface area contributed by atoms with Gasteiger partial charge < -0.3 is 9.64 Å². The van der Waals surface area contributed by atoms with Crippen LogP contribution in [0.4, 0.5) is 4.79 Å². The molecule has 2 atom stereocenters. The Bertz CT molecular complexity index is 805. The van der Waals surface area contributed by atoms with Gasteiger partial charge in [0.05, 0.1) is 21.8 Å². The minimum Gasteiger partial charge on any atom is -0.444 e. The lowest BCUT2D eigenvalue weighted by atomic mass is 9.73. The molecule has 29 heavy (non-hydrogen) atoms. The zero-order valence-electron chi connectivity index (χ0n) is 18.3. The van der Waals surface area contributed by atoms with E-state index in [1.165, 1.54) is 11.1 Å². The van der Waals surface area contributed by atoms with Crippen LogP contribution >= 0.6 is 15.9 Å². The first kappa shape index (κ1) is 22.8. The fourth-order valence-electron chi connectivity index (χ4n) is 4.21. The van der Waals surface area contributed by atoms with Crippen molar-refractivity contribution in [2.75, 3.05) is 13.1 Å². The van der Waals surface area contributed by atoms with Crippen LogP contribution in [0.3, 0.4) is 0 Å². The summed E-state index contributed by atoms with van der Waals surface area (Å²) in [6.07, 6.45) is 2.42. The van der Waals surface area contributed by atoms with Crippen LogP contribution < -0.4 is 4.72 Å². The van der Waals surface area contributed by atoms with Gasteiger partial charge in [0.15, 0.2) is 0 Å². The van der Waals surface area contributed by atoms with Crippen LogP contribution in [0.25, 0.3) is 0 Å². The number of amides is 1. The van der Waals surface area contributed by atoms with Crippen LogP contribution in [0, 0.1) is 5.41 Å². The first-order chi connectivity index (χ1) is 13.3. The smallest absolute Gasteiger partial charge is 0.410 e. The third-order valence-corrected chi connectivity index (χ3v) is 7.82. The van der Waals surface area contributed by atoms with Crippen molar-refractivity contribution in [1.29, 1.82) is 0 Å². The second-order valence-electron chi connectivity index (χ2n) is 10.3. The van der Waals surface area contributed by atoms with Crippen molar-refractivity contribution in [3.8, 4) is 0 Å². The summed E-state index contributed by atoms with van der Waals surface area (Å²) in [6.45, 7) is 13.0. The molecule has 0 saturated carbocycles. The van der Waals surface area contributed by atoms with Crippen LogP contribution in [0.15, 0.2) is 22.7 Å². The molecule has 5 nitrogen and oxygen atoms in total. The third-order valence-electron chi connectivity index (χ3n) is 5.77. The Labute approximate surface area is 185 Å². The Balaban J connectivity index is 1.82. The number of carbonyl (C=O) groups excluding carboxylic acids is 1. The number of fused-ring (bicyclic) bond motifs is 1. The SMILES string of the molecule is CC(C)(C)OC(=O)N1CCC2(CC1)Cc1ccc(Br)cc1C2N[S@](=O)C(C)(C)C. The minimum atomic E-state index is -1.17. The molecule has 0 radical (unpaired) electrons. The number of piperidine rings is 1. The second-order valence-corrected chi connectivity index (χ2v) is 13.2. The molecule has 162 valence electrons. The number of carbonyl (C=O) groups is 1. The number of likely N-dealkylation sites (tertiary alicyclic amines) is 1. The van der Waals surface area contributed by atoms with Gasteiger partial charge in [-0.1, -0.05) is 22.0 Å². The van der Waals surface area contributed by atoms with Crippen molar-refractivity contribution in [3.05, 3.63) is 33.8 Å².